The number of nitrogens with two attached hydrogens (primary N) is 1. The number of pyridine rings is 1. The second-order valence-corrected chi connectivity index (χ2v) is 4.44. The summed E-state index contributed by atoms with van der Waals surface area (Å²) in [5.41, 5.74) is 7.89. The fourth-order valence-electron chi connectivity index (χ4n) is 2.05. The van der Waals surface area contributed by atoms with Crippen LogP contribution in [-0.4, -0.2) is 4.98 Å². The number of aromatic nitrogens is 1. The van der Waals surface area contributed by atoms with Crippen LogP contribution in [0.2, 0.25) is 0 Å². The molecule has 1 heterocycles. The first-order valence-electron chi connectivity index (χ1n) is 6.11. The molecule has 3 rings (SSSR count). The van der Waals surface area contributed by atoms with Crippen molar-refractivity contribution in [3.05, 3.63) is 60.4 Å². The normalized spacial score (nSPS) is 10.6. The molecule has 0 fully saturated rings. The minimum atomic E-state index is 0.642. The summed E-state index contributed by atoms with van der Waals surface area (Å²) in [5, 5.41) is 1.97. The van der Waals surface area contributed by atoms with E-state index in [0.717, 1.165) is 22.1 Å². The second kappa shape index (κ2) is 4.61. The summed E-state index contributed by atoms with van der Waals surface area (Å²) < 4.78 is 5.90. The largest absolute Gasteiger partial charge is 0.455 e. The molecular weight excluding hydrogens is 236 g/mol. The third-order valence-corrected chi connectivity index (χ3v) is 3.14. The summed E-state index contributed by atoms with van der Waals surface area (Å²) in [7, 11) is 0. The van der Waals surface area contributed by atoms with E-state index in [2.05, 4.69) is 4.98 Å². The number of fused-ring (bicyclic) bond motifs is 1. The van der Waals surface area contributed by atoms with E-state index in [4.69, 9.17) is 10.5 Å². The topological polar surface area (TPSA) is 48.1 Å². The fraction of sp³-hybridized carbons (Fsp3) is 0.0625. The van der Waals surface area contributed by atoms with E-state index in [0.29, 0.717) is 11.4 Å². The Morgan fingerprint density at radius 2 is 1.84 bits per heavy atom. The van der Waals surface area contributed by atoms with Crippen molar-refractivity contribution in [3.8, 4) is 11.5 Å². The van der Waals surface area contributed by atoms with E-state index in [1.807, 2.05) is 49.4 Å². The standard InChI is InChI=1S/C16H14N2O/c1-11-4-2-3-5-14(11)19-15-7-6-12-10-18-9-8-13(12)16(15)17/h2-10H,17H2,1H3. The molecule has 3 aromatic rings. The van der Waals surface area contributed by atoms with Crippen LogP contribution in [0.1, 0.15) is 5.56 Å². The number of nitrogens with zero attached hydrogens (tertiary/aromatic N) is 1. The van der Waals surface area contributed by atoms with Gasteiger partial charge < -0.3 is 10.5 Å². The van der Waals surface area contributed by atoms with Gasteiger partial charge >= 0.3 is 0 Å². The highest BCUT2D eigenvalue weighted by atomic mass is 16.5. The molecule has 0 saturated heterocycles. The Morgan fingerprint density at radius 1 is 1.00 bits per heavy atom. The van der Waals surface area contributed by atoms with Crippen LogP contribution >= 0.6 is 0 Å². The Hall–Kier alpha value is -2.55. The molecule has 19 heavy (non-hydrogen) atoms. The molecule has 0 aliphatic heterocycles. The first-order valence-corrected chi connectivity index (χ1v) is 6.11. The van der Waals surface area contributed by atoms with Crippen molar-refractivity contribution in [1.82, 2.24) is 4.98 Å². The number of benzene rings is 2. The average molecular weight is 250 g/mol. The van der Waals surface area contributed by atoms with E-state index in [1.54, 1.807) is 12.4 Å². The molecule has 2 aromatic carbocycles. The summed E-state index contributed by atoms with van der Waals surface area (Å²) in [4.78, 5) is 4.09. The highest BCUT2D eigenvalue weighted by molar-refractivity contribution is 5.95. The third kappa shape index (κ3) is 2.10. The van der Waals surface area contributed by atoms with Crippen LogP contribution in [0.15, 0.2) is 54.9 Å². The van der Waals surface area contributed by atoms with Crippen LogP contribution < -0.4 is 10.5 Å². The summed E-state index contributed by atoms with van der Waals surface area (Å²) in [5.74, 6) is 1.50. The molecule has 0 aliphatic rings. The van der Waals surface area contributed by atoms with Crippen LogP contribution in [0.3, 0.4) is 0 Å². The van der Waals surface area contributed by atoms with Crippen molar-refractivity contribution >= 4 is 16.5 Å². The molecule has 0 aliphatic carbocycles. The fourth-order valence-corrected chi connectivity index (χ4v) is 2.05. The summed E-state index contributed by atoms with van der Waals surface area (Å²) in [6.07, 6.45) is 3.53. The zero-order valence-corrected chi connectivity index (χ0v) is 10.6. The maximum Gasteiger partial charge on any atom is 0.150 e. The maximum atomic E-state index is 6.16. The van der Waals surface area contributed by atoms with Crippen LogP contribution in [0, 0.1) is 6.92 Å². The van der Waals surface area contributed by atoms with Gasteiger partial charge in [-0.25, -0.2) is 0 Å². The molecule has 0 radical (unpaired) electrons. The number of nitrogen functional groups attached to an aromatic ring is 1. The molecule has 3 heteroatoms. The molecule has 0 unspecified atom stereocenters. The van der Waals surface area contributed by atoms with Gasteiger partial charge in [0.2, 0.25) is 0 Å². The Kier molecular flexibility index (Phi) is 2.80. The van der Waals surface area contributed by atoms with Crippen molar-refractivity contribution in [2.24, 2.45) is 0 Å². The number of ether oxygens (including phenoxy) is 1. The Morgan fingerprint density at radius 3 is 2.68 bits per heavy atom. The molecule has 0 bridgehead atoms. The van der Waals surface area contributed by atoms with Gasteiger partial charge in [-0.15, -0.1) is 0 Å². The molecule has 3 nitrogen and oxygen atoms in total. The summed E-state index contributed by atoms with van der Waals surface area (Å²) in [6, 6.07) is 13.6. The lowest BCUT2D eigenvalue weighted by atomic mass is 10.1. The van der Waals surface area contributed by atoms with Crippen LogP contribution in [0.4, 0.5) is 5.69 Å². The van der Waals surface area contributed by atoms with Gasteiger partial charge in [0, 0.05) is 23.2 Å². The first kappa shape index (κ1) is 11.5. The van der Waals surface area contributed by atoms with Gasteiger partial charge in [0.25, 0.3) is 0 Å². The van der Waals surface area contributed by atoms with Crippen molar-refractivity contribution < 1.29 is 4.74 Å². The maximum absolute atomic E-state index is 6.16. The minimum Gasteiger partial charge on any atom is -0.455 e. The third-order valence-electron chi connectivity index (χ3n) is 3.14. The summed E-state index contributed by atoms with van der Waals surface area (Å²) in [6.45, 7) is 2.01. The summed E-state index contributed by atoms with van der Waals surface area (Å²) >= 11 is 0. The molecule has 94 valence electrons. The SMILES string of the molecule is Cc1ccccc1Oc1ccc2cnccc2c1N. The van der Waals surface area contributed by atoms with E-state index >= 15 is 0 Å². The van der Waals surface area contributed by atoms with Crippen LogP contribution in [-0.2, 0) is 0 Å². The van der Waals surface area contributed by atoms with Gasteiger partial charge in [-0.05, 0) is 36.8 Å². The van der Waals surface area contributed by atoms with Crippen molar-refractivity contribution in [3.63, 3.8) is 0 Å². The van der Waals surface area contributed by atoms with Gasteiger partial charge in [-0.1, -0.05) is 18.2 Å². The number of rotatable bonds is 2. The number of aryl methyl sites for hydroxylation is 1. The Bertz CT molecular complexity index is 738. The lowest BCUT2D eigenvalue weighted by Gasteiger charge is -2.12. The van der Waals surface area contributed by atoms with Gasteiger partial charge in [-0.2, -0.15) is 0 Å². The van der Waals surface area contributed by atoms with E-state index in [9.17, 15) is 0 Å². The molecule has 2 N–H and O–H groups in total. The molecular formula is C16H14N2O. The van der Waals surface area contributed by atoms with Gasteiger partial charge in [0.05, 0.1) is 5.69 Å². The van der Waals surface area contributed by atoms with Crippen molar-refractivity contribution in [2.75, 3.05) is 5.73 Å². The van der Waals surface area contributed by atoms with E-state index < -0.39 is 0 Å². The molecule has 0 atom stereocenters. The van der Waals surface area contributed by atoms with Crippen LogP contribution in [0.25, 0.3) is 10.8 Å². The molecule has 0 saturated carbocycles. The van der Waals surface area contributed by atoms with Crippen molar-refractivity contribution in [1.29, 1.82) is 0 Å². The number of anilines is 1. The second-order valence-electron chi connectivity index (χ2n) is 4.44. The highest BCUT2D eigenvalue weighted by Crippen LogP contribution is 2.34. The lowest BCUT2D eigenvalue weighted by Crippen LogP contribution is -1.94. The van der Waals surface area contributed by atoms with Gasteiger partial charge in [0.15, 0.2) is 5.75 Å². The van der Waals surface area contributed by atoms with E-state index in [-0.39, 0.29) is 0 Å². The predicted molar refractivity (Wildman–Crippen MR) is 77.4 cm³/mol. The van der Waals surface area contributed by atoms with Gasteiger partial charge in [0.1, 0.15) is 5.75 Å². The molecule has 0 spiro atoms. The van der Waals surface area contributed by atoms with Gasteiger partial charge in [-0.3, -0.25) is 4.98 Å². The lowest BCUT2D eigenvalue weighted by molar-refractivity contribution is 0.482. The molecule has 1 aromatic heterocycles. The first-order chi connectivity index (χ1) is 9.25. The zero-order valence-electron chi connectivity index (χ0n) is 10.6. The Balaban J connectivity index is 2.07. The van der Waals surface area contributed by atoms with Crippen molar-refractivity contribution in [2.45, 2.75) is 6.92 Å². The zero-order chi connectivity index (χ0) is 13.2. The quantitative estimate of drug-likeness (QED) is 0.701. The predicted octanol–water partition coefficient (Wildman–Crippen LogP) is 3.92. The Labute approximate surface area is 111 Å². The molecule has 0 amide bonds. The number of hydrogen-bond donors (Lipinski definition) is 1. The smallest absolute Gasteiger partial charge is 0.150 e. The average Bonchev–Trinajstić information content (AvgIpc) is 2.44. The van der Waals surface area contributed by atoms with Crippen LogP contribution in [0.5, 0.6) is 11.5 Å². The number of hydrogen-bond acceptors (Lipinski definition) is 3. The number of para-hydroxylation sites is 1. The highest BCUT2D eigenvalue weighted by Gasteiger charge is 2.07. The monoisotopic (exact) mass is 250 g/mol. The van der Waals surface area contributed by atoms with E-state index in [1.165, 1.54) is 0 Å². The minimum absolute atomic E-state index is 0.642.